The summed E-state index contributed by atoms with van der Waals surface area (Å²) in [6, 6.07) is 13.0. The lowest BCUT2D eigenvalue weighted by Crippen LogP contribution is -2.29. The van der Waals surface area contributed by atoms with Crippen molar-refractivity contribution >= 4 is 22.6 Å². The molecule has 4 heterocycles. The second kappa shape index (κ2) is 7.90. The maximum absolute atomic E-state index is 6.18. The van der Waals surface area contributed by atoms with Gasteiger partial charge in [-0.3, -0.25) is 9.98 Å². The highest BCUT2D eigenvalue weighted by atomic mass is 32.2. The van der Waals surface area contributed by atoms with Crippen molar-refractivity contribution in [2.75, 3.05) is 31.1 Å². The Bertz CT molecular complexity index is 897. The highest BCUT2D eigenvalue weighted by Gasteiger charge is 2.44. The molecule has 2 fully saturated rings. The summed E-state index contributed by atoms with van der Waals surface area (Å²) in [5.74, 6) is 0.990. The predicted molar refractivity (Wildman–Crippen MR) is 120 cm³/mol. The van der Waals surface area contributed by atoms with Crippen LogP contribution in [0.25, 0.3) is 0 Å². The first-order valence-corrected chi connectivity index (χ1v) is 11.6. The number of benzene rings is 1. The molecule has 0 spiro atoms. The molecule has 0 aliphatic carbocycles. The van der Waals surface area contributed by atoms with E-state index in [2.05, 4.69) is 59.0 Å². The molecule has 29 heavy (non-hydrogen) atoms. The van der Waals surface area contributed by atoms with Crippen LogP contribution in [0.1, 0.15) is 50.0 Å². The Balaban J connectivity index is 1.56. The molecule has 0 amide bonds. The van der Waals surface area contributed by atoms with E-state index in [9.17, 15) is 0 Å². The van der Waals surface area contributed by atoms with Gasteiger partial charge in [0.05, 0.1) is 18.3 Å². The van der Waals surface area contributed by atoms with Crippen LogP contribution in [-0.4, -0.2) is 46.5 Å². The van der Waals surface area contributed by atoms with Crippen LogP contribution in [0.4, 0.5) is 5.69 Å². The summed E-state index contributed by atoms with van der Waals surface area (Å²) in [6.07, 6.45) is 4.41. The van der Waals surface area contributed by atoms with E-state index in [1.165, 1.54) is 24.1 Å². The molecule has 0 bridgehead atoms. The number of aliphatic imine (C=N–C) groups is 1. The lowest BCUT2D eigenvalue weighted by Gasteiger charge is -2.29. The minimum absolute atomic E-state index is 0.00282. The molecule has 5 rings (SSSR count). The monoisotopic (exact) mass is 408 g/mol. The molecule has 2 saturated heterocycles. The highest BCUT2D eigenvalue weighted by Crippen LogP contribution is 2.50. The first kappa shape index (κ1) is 18.8. The molecule has 0 N–H and O–H groups in total. The van der Waals surface area contributed by atoms with E-state index in [-0.39, 0.29) is 12.1 Å². The standard InChI is InChI=1S/C23H28N4OS/c1-3-28-20-14-17(26-12-6-7-13-26)9-10-18(20)22-21(19-8-4-5-11-24-19)25-23-27(22)15-16(2)29-23/h4-5,8-11,14,16,21-22H,3,6-7,12-13,15H2,1-2H3. The van der Waals surface area contributed by atoms with Crippen LogP contribution in [-0.2, 0) is 0 Å². The summed E-state index contributed by atoms with van der Waals surface area (Å²) < 4.78 is 6.18. The zero-order chi connectivity index (χ0) is 19.8. The van der Waals surface area contributed by atoms with E-state index in [1.54, 1.807) is 0 Å². The number of pyridine rings is 1. The lowest BCUT2D eigenvalue weighted by molar-refractivity contribution is 0.292. The smallest absolute Gasteiger partial charge is 0.160 e. The fraction of sp³-hybridized carbons (Fsp3) is 0.478. The van der Waals surface area contributed by atoms with Gasteiger partial charge >= 0.3 is 0 Å². The Morgan fingerprint density at radius 3 is 2.79 bits per heavy atom. The van der Waals surface area contributed by atoms with Crippen LogP contribution < -0.4 is 9.64 Å². The molecular weight excluding hydrogens is 380 g/mol. The van der Waals surface area contributed by atoms with Crippen molar-refractivity contribution in [3.8, 4) is 5.75 Å². The van der Waals surface area contributed by atoms with E-state index in [0.717, 1.165) is 36.2 Å². The van der Waals surface area contributed by atoms with Crippen LogP contribution in [0.5, 0.6) is 5.75 Å². The third-order valence-corrected chi connectivity index (χ3v) is 7.07. The van der Waals surface area contributed by atoms with E-state index >= 15 is 0 Å². The Morgan fingerprint density at radius 2 is 2.03 bits per heavy atom. The third-order valence-electron chi connectivity index (χ3n) is 5.97. The minimum atomic E-state index is 0.00282. The number of nitrogens with zero attached hydrogens (tertiary/aromatic N) is 4. The first-order valence-electron chi connectivity index (χ1n) is 10.7. The molecule has 3 aliphatic heterocycles. The van der Waals surface area contributed by atoms with Crippen molar-refractivity contribution in [1.82, 2.24) is 9.88 Å². The number of ether oxygens (including phenoxy) is 1. The maximum Gasteiger partial charge on any atom is 0.160 e. The van der Waals surface area contributed by atoms with Gasteiger partial charge < -0.3 is 14.5 Å². The van der Waals surface area contributed by atoms with Crippen molar-refractivity contribution in [3.63, 3.8) is 0 Å². The number of rotatable bonds is 5. The SMILES string of the molecule is CCOc1cc(N2CCCC2)ccc1C1C(c2ccccn2)N=C2SC(C)CN21. The van der Waals surface area contributed by atoms with Gasteiger partial charge in [0, 0.05) is 48.4 Å². The molecule has 3 unspecified atom stereocenters. The molecule has 6 heteroatoms. The van der Waals surface area contributed by atoms with Gasteiger partial charge in [0.2, 0.25) is 0 Å². The molecule has 2 aromatic rings. The van der Waals surface area contributed by atoms with Crippen molar-refractivity contribution < 1.29 is 4.74 Å². The number of aromatic nitrogens is 1. The molecule has 0 radical (unpaired) electrons. The number of anilines is 1. The van der Waals surface area contributed by atoms with Gasteiger partial charge in [-0.15, -0.1) is 0 Å². The lowest BCUT2D eigenvalue weighted by atomic mass is 9.95. The largest absolute Gasteiger partial charge is 0.493 e. The van der Waals surface area contributed by atoms with Crippen LogP contribution in [0.15, 0.2) is 47.6 Å². The van der Waals surface area contributed by atoms with E-state index in [1.807, 2.05) is 24.0 Å². The number of hydrogen-bond acceptors (Lipinski definition) is 6. The van der Waals surface area contributed by atoms with Crippen LogP contribution in [0, 0.1) is 0 Å². The molecule has 5 nitrogen and oxygen atoms in total. The minimum Gasteiger partial charge on any atom is -0.493 e. The van der Waals surface area contributed by atoms with Gasteiger partial charge in [-0.1, -0.05) is 30.8 Å². The van der Waals surface area contributed by atoms with E-state index in [4.69, 9.17) is 9.73 Å². The highest BCUT2D eigenvalue weighted by molar-refractivity contribution is 8.14. The Morgan fingerprint density at radius 1 is 1.17 bits per heavy atom. The molecular formula is C23H28N4OS. The number of fused-ring (bicyclic) bond motifs is 1. The van der Waals surface area contributed by atoms with Crippen LogP contribution >= 0.6 is 11.8 Å². The van der Waals surface area contributed by atoms with Gasteiger partial charge in [0.25, 0.3) is 0 Å². The van der Waals surface area contributed by atoms with Crippen molar-refractivity contribution in [3.05, 3.63) is 53.9 Å². The Labute approximate surface area is 177 Å². The predicted octanol–water partition coefficient (Wildman–Crippen LogP) is 4.67. The molecule has 0 saturated carbocycles. The number of hydrogen-bond donors (Lipinski definition) is 0. The topological polar surface area (TPSA) is 41.0 Å². The van der Waals surface area contributed by atoms with Crippen LogP contribution in [0.2, 0.25) is 0 Å². The molecule has 3 aliphatic rings. The van der Waals surface area contributed by atoms with Crippen molar-refractivity contribution in [1.29, 1.82) is 0 Å². The summed E-state index contributed by atoms with van der Waals surface area (Å²) in [4.78, 5) is 14.7. The summed E-state index contributed by atoms with van der Waals surface area (Å²) in [6.45, 7) is 8.29. The quantitative estimate of drug-likeness (QED) is 0.719. The molecule has 152 valence electrons. The Hall–Kier alpha value is -2.21. The first-order chi connectivity index (χ1) is 14.2. The van der Waals surface area contributed by atoms with Gasteiger partial charge in [0.15, 0.2) is 5.17 Å². The summed E-state index contributed by atoms with van der Waals surface area (Å²) >= 11 is 1.87. The maximum atomic E-state index is 6.18. The van der Waals surface area contributed by atoms with Gasteiger partial charge in [-0.05, 0) is 38.0 Å². The number of amidine groups is 1. The second-order valence-electron chi connectivity index (χ2n) is 7.99. The molecule has 1 aromatic heterocycles. The zero-order valence-electron chi connectivity index (χ0n) is 17.1. The van der Waals surface area contributed by atoms with Crippen molar-refractivity contribution in [2.45, 2.75) is 44.0 Å². The van der Waals surface area contributed by atoms with E-state index in [0.29, 0.717) is 11.9 Å². The second-order valence-corrected chi connectivity index (χ2v) is 9.39. The van der Waals surface area contributed by atoms with Crippen LogP contribution in [0.3, 0.4) is 0 Å². The normalized spacial score (nSPS) is 26.0. The summed E-state index contributed by atoms with van der Waals surface area (Å²) in [5, 5.41) is 1.70. The average molecular weight is 409 g/mol. The van der Waals surface area contributed by atoms with Gasteiger partial charge in [-0.2, -0.15) is 0 Å². The fourth-order valence-electron chi connectivity index (χ4n) is 4.67. The zero-order valence-corrected chi connectivity index (χ0v) is 17.9. The van der Waals surface area contributed by atoms with Gasteiger partial charge in [0.1, 0.15) is 11.8 Å². The fourth-order valence-corrected chi connectivity index (χ4v) is 5.77. The van der Waals surface area contributed by atoms with Gasteiger partial charge in [-0.25, -0.2) is 0 Å². The molecule has 1 aromatic carbocycles. The Kier molecular flexibility index (Phi) is 5.12. The summed E-state index contributed by atoms with van der Waals surface area (Å²) in [5.41, 5.74) is 3.52. The van der Waals surface area contributed by atoms with E-state index < -0.39 is 0 Å². The molecule has 3 atom stereocenters. The van der Waals surface area contributed by atoms with Crippen molar-refractivity contribution in [2.24, 2.45) is 4.99 Å². The number of thioether (sulfide) groups is 1. The average Bonchev–Trinajstić information content (AvgIpc) is 3.45. The summed E-state index contributed by atoms with van der Waals surface area (Å²) in [7, 11) is 0. The third kappa shape index (κ3) is 3.48.